The first kappa shape index (κ1) is 14.0. The molecule has 2 aromatic rings. The number of hydrogen-bond acceptors (Lipinski definition) is 7. The molecule has 2 aromatic heterocycles. The molecule has 0 aliphatic carbocycles. The maximum atomic E-state index is 12.2. The molecule has 3 heterocycles. The van der Waals surface area contributed by atoms with Crippen LogP contribution < -0.4 is 10.6 Å². The normalized spacial score (nSPS) is 25.6. The lowest BCUT2D eigenvalue weighted by atomic mass is 10.2. The number of rotatable bonds is 3. The van der Waals surface area contributed by atoms with E-state index in [0.717, 1.165) is 0 Å². The van der Waals surface area contributed by atoms with E-state index in [-0.39, 0.29) is 18.7 Å². The molecule has 0 bridgehead atoms. The average molecular weight is 295 g/mol. The number of nitrogens with one attached hydrogen (secondary N) is 1. The zero-order chi connectivity index (χ0) is 15.1. The molecule has 9 heteroatoms. The summed E-state index contributed by atoms with van der Waals surface area (Å²) in [6.07, 6.45) is -0.576. The van der Waals surface area contributed by atoms with Crippen molar-refractivity contribution in [3.8, 4) is 0 Å². The van der Waals surface area contributed by atoms with Gasteiger partial charge in [-0.15, -0.1) is 0 Å². The molecule has 1 saturated heterocycles. The second-order valence-corrected chi connectivity index (χ2v) is 5.21. The fourth-order valence-electron chi connectivity index (χ4n) is 2.57. The van der Waals surface area contributed by atoms with E-state index in [1.165, 1.54) is 10.9 Å². The number of H-pyrrole nitrogens is 1. The van der Waals surface area contributed by atoms with Crippen molar-refractivity contribution in [1.82, 2.24) is 19.5 Å². The highest BCUT2D eigenvalue weighted by atomic mass is 16.5. The molecule has 0 amide bonds. The number of nitrogens with zero attached hydrogens (tertiary/aromatic N) is 4. The largest absolute Gasteiger partial charge is 0.394 e. The van der Waals surface area contributed by atoms with Crippen LogP contribution >= 0.6 is 0 Å². The zero-order valence-corrected chi connectivity index (χ0v) is 11.7. The van der Waals surface area contributed by atoms with E-state index >= 15 is 0 Å². The molecule has 0 radical (unpaired) electrons. The number of fused-ring (bicyclic) bond motifs is 1. The summed E-state index contributed by atoms with van der Waals surface area (Å²) in [6, 6.07) is 0. The van der Waals surface area contributed by atoms with Crippen LogP contribution in [0.5, 0.6) is 0 Å². The number of ether oxygens (including phenoxy) is 1. The van der Waals surface area contributed by atoms with Crippen molar-refractivity contribution in [1.29, 1.82) is 0 Å². The first-order chi connectivity index (χ1) is 10.0. The van der Waals surface area contributed by atoms with Crippen molar-refractivity contribution in [2.75, 3.05) is 25.6 Å². The van der Waals surface area contributed by atoms with Crippen LogP contribution in [-0.2, 0) is 4.74 Å². The topological polar surface area (TPSA) is 117 Å². The van der Waals surface area contributed by atoms with Gasteiger partial charge in [-0.3, -0.25) is 0 Å². The number of aromatic nitrogens is 4. The highest BCUT2D eigenvalue weighted by Gasteiger charge is 2.36. The van der Waals surface area contributed by atoms with Gasteiger partial charge in [-0.1, -0.05) is 0 Å². The number of hydrogen-bond donors (Lipinski definition) is 3. The average Bonchev–Trinajstić information content (AvgIpc) is 2.96. The summed E-state index contributed by atoms with van der Waals surface area (Å²) in [4.78, 5) is 25.0. The fourth-order valence-corrected chi connectivity index (χ4v) is 2.57. The Hall–Kier alpha value is -1.97. The SMILES string of the molecule is CN(C)c1ncnc2c1[nH]c(=O)n2[C@H]1CC(O)[C@@H](CO)O1. The third-order valence-corrected chi connectivity index (χ3v) is 3.58. The molecule has 9 nitrogen and oxygen atoms in total. The minimum atomic E-state index is -0.813. The van der Waals surface area contributed by atoms with E-state index in [4.69, 9.17) is 9.84 Å². The molecule has 0 spiro atoms. The maximum absolute atomic E-state index is 12.2. The third-order valence-electron chi connectivity index (χ3n) is 3.58. The number of anilines is 1. The monoisotopic (exact) mass is 295 g/mol. The first-order valence-electron chi connectivity index (χ1n) is 6.60. The van der Waals surface area contributed by atoms with Crippen molar-refractivity contribution < 1.29 is 14.9 Å². The van der Waals surface area contributed by atoms with E-state index in [0.29, 0.717) is 17.0 Å². The summed E-state index contributed by atoms with van der Waals surface area (Å²) in [6.45, 7) is -0.299. The predicted octanol–water partition coefficient (Wildman–Crippen LogP) is -1.17. The Bertz CT molecular complexity index is 709. The van der Waals surface area contributed by atoms with Crippen molar-refractivity contribution in [2.45, 2.75) is 24.9 Å². The Balaban J connectivity index is 2.10. The van der Waals surface area contributed by atoms with Gasteiger partial charge in [0.15, 0.2) is 11.5 Å². The van der Waals surface area contributed by atoms with Crippen LogP contribution in [0.1, 0.15) is 12.6 Å². The van der Waals surface area contributed by atoms with E-state index in [1.807, 2.05) is 14.1 Å². The summed E-state index contributed by atoms with van der Waals surface area (Å²) >= 11 is 0. The van der Waals surface area contributed by atoms with Gasteiger partial charge < -0.3 is 24.8 Å². The third kappa shape index (κ3) is 2.19. The van der Waals surface area contributed by atoms with Crippen LogP contribution in [0.15, 0.2) is 11.1 Å². The minimum absolute atomic E-state index is 0.222. The maximum Gasteiger partial charge on any atom is 0.329 e. The van der Waals surface area contributed by atoms with Crippen LogP contribution in [0.2, 0.25) is 0 Å². The second-order valence-electron chi connectivity index (χ2n) is 5.21. The van der Waals surface area contributed by atoms with Crippen molar-refractivity contribution in [3.63, 3.8) is 0 Å². The van der Waals surface area contributed by atoms with Gasteiger partial charge in [0.2, 0.25) is 0 Å². The summed E-state index contributed by atoms with van der Waals surface area (Å²) in [5.74, 6) is 0.591. The zero-order valence-electron chi connectivity index (χ0n) is 11.7. The van der Waals surface area contributed by atoms with Crippen molar-refractivity contribution in [2.24, 2.45) is 0 Å². The van der Waals surface area contributed by atoms with Gasteiger partial charge in [-0.2, -0.15) is 0 Å². The Morgan fingerprint density at radius 3 is 2.90 bits per heavy atom. The minimum Gasteiger partial charge on any atom is -0.394 e. The van der Waals surface area contributed by atoms with Gasteiger partial charge in [0.05, 0.1) is 12.7 Å². The molecule has 0 saturated carbocycles. The molecule has 1 unspecified atom stereocenters. The number of imidazole rings is 1. The smallest absolute Gasteiger partial charge is 0.329 e. The van der Waals surface area contributed by atoms with Gasteiger partial charge in [0.1, 0.15) is 24.2 Å². The number of aliphatic hydroxyl groups excluding tert-OH is 2. The quantitative estimate of drug-likeness (QED) is 0.653. The van der Waals surface area contributed by atoms with Gasteiger partial charge in [0, 0.05) is 20.5 Å². The first-order valence-corrected chi connectivity index (χ1v) is 6.60. The van der Waals surface area contributed by atoms with Gasteiger partial charge in [-0.05, 0) is 0 Å². The molecule has 0 aromatic carbocycles. The van der Waals surface area contributed by atoms with Crippen LogP contribution in [0.3, 0.4) is 0 Å². The Morgan fingerprint density at radius 1 is 1.52 bits per heavy atom. The van der Waals surface area contributed by atoms with Crippen LogP contribution in [0.4, 0.5) is 5.82 Å². The fraction of sp³-hybridized carbons (Fsp3) is 0.583. The molecule has 1 fully saturated rings. The molecule has 1 aliphatic heterocycles. The summed E-state index contributed by atoms with van der Waals surface area (Å²) in [5.41, 5.74) is 0.539. The lowest BCUT2D eigenvalue weighted by molar-refractivity contribution is -0.0441. The van der Waals surface area contributed by atoms with E-state index in [2.05, 4.69) is 15.0 Å². The van der Waals surface area contributed by atoms with Gasteiger partial charge >= 0.3 is 5.69 Å². The molecule has 21 heavy (non-hydrogen) atoms. The van der Waals surface area contributed by atoms with Gasteiger partial charge in [-0.25, -0.2) is 19.3 Å². The van der Waals surface area contributed by atoms with Crippen LogP contribution in [0, 0.1) is 0 Å². The molecule has 114 valence electrons. The van der Waals surface area contributed by atoms with Crippen molar-refractivity contribution in [3.05, 3.63) is 16.8 Å². The van der Waals surface area contributed by atoms with E-state index < -0.39 is 18.4 Å². The molecular weight excluding hydrogens is 278 g/mol. The molecular formula is C12H17N5O4. The van der Waals surface area contributed by atoms with E-state index in [1.54, 1.807) is 4.90 Å². The summed E-state index contributed by atoms with van der Waals surface area (Å²) in [7, 11) is 3.63. The molecule has 3 rings (SSSR count). The summed E-state index contributed by atoms with van der Waals surface area (Å²) < 4.78 is 6.88. The molecule has 1 aliphatic rings. The lowest BCUT2D eigenvalue weighted by Gasteiger charge is -2.14. The Morgan fingerprint density at radius 2 is 2.29 bits per heavy atom. The highest BCUT2D eigenvalue weighted by molar-refractivity contribution is 5.83. The standard InChI is InChI=1S/C12H17N5O4/c1-16(2)10-9-11(14-5-13-10)17(12(20)15-9)8-3-6(19)7(4-18)21-8/h5-8,18-19H,3-4H2,1-2H3,(H,15,20)/t6?,7-,8-/m1/s1. The van der Waals surface area contributed by atoms with Gasteiger partial charge in [0.25, 0.3) is 0 Å². The van der Waals surface area contributed by atoms with Crippen LogP contribution in [-0.4, -0.2) is 62.6 Å². The number of aliphatic hydroxyl groups is 2. The summed E-state index contributed by atoms with van der Waals surface area (Å²) in [5, 5.41) is 19.0. The predicted molar refractivity (Wildman–Crippen MR) is 74.1 cm³/mol. The second kappa shape index (κ2) is 5.10. The van der Waals surface area contributed by atoms with E-state index in [9.17, 15) is 9.90 Å². The highest BCUT2D eigenvalue weighted by Crippen LogP contribution is 2.30. The Labute approximate surface area is 119 Å². The molecule has 3 atom stereocenters. The van der Waals surface area contributed by atoms with Crippen LogP contribution in [0.25, 0.3) is 11.2 Å². The lowest BCUT2D eigenvalue weighted by Crippen LogP contribution is -2.25. The Kier molecular flexibility index (Phi) is 3.40. The van der Waals surface area contributed by atoms with Crippen molar-refractivity contribution >= 4 is 17.0 Å². The molecule has 3 N–H and O–H groups in total. The number of aromatic amines is 1.